The molecular formula is C25H30N2O. The van der Waals surface area contributed by atoms with Crippen LogP contribution in [-0.2, 0) is 6.54 Å². The van der Waals surface area contributed by atoms with Crippen LogP contribution >= 0.6 is 0 Å². The van der Waals surface area contributed by atoms with Gasteiger partial charge in [0, 0.05) is 23.7 Å². The number of hydrogen-bond acceptors (Lipinski definition) is 3. The van der Waals surface area contributed by atoms with Gasteiger partial charge in [-0.2, -0.15) is 0 Å². The highest BCUT2D eigenvalue weighted by atomic mass is 16.3. The summed E-state index contributed by atoms with van der Waals surface area (Å²) in [5, 5.41) is 16.3. The number of aryl methyl sites for hydroxylation is 1. The highest BCUT2D eigenvalue weighted by Crippen LogP contribution is 2.28. The van der Waals surface area contributed by atoms with Crippen LogP contribution in [0.1, 0.15) is 36.5 Å². The van der Waals surface area contributed by atoms with Crippen LogP contribution in [0.25, 0.3) is 0 Å². The lowest BCUT2D eigenvalue weighted by Crippen LogP contribution is -2.12. The van der Waals surface area contributed by atoms with Gasteiger partial charge in [0.05, 0.1) is 0 Å². The lowest BCUT2D eigenvalue weighted by atomic mass is 9.90. The molecule has 3 N–H and O–H groups in total. The molecule has 0 amide bonds. The third-order valence-corrected chi connectivity index (χ3v) is 4.68. The summed E-state index contributed by atoms with van der Waals surface area (Å²) < 4.78 is 0. The summed E-state index contributed by atoms with van der Waals surface area (Å²) in [7, 11) is 0. The number of aromatic hydroxyl groups is 1. The van der Waals surface area contributed by atoms with Crippen LogP contribution in [0, 0.1) is 6.92 Å². The van der Waals surface area contributed by atoms with E-state index >= 15 is 0 Å². The quantitative estimate of drug-likeness (QED) is 0.495. The molecule has 3 nitrogen and oxygen atoms in total. The molecule has 146 valence electrons. The van der Waals surface area contributed by atoms with Crippen molar-refractivity contribution in [2.75, 3.05) is 0 Å². The Labute approximate surface area is 168 Å². The van der Waals surface area contributed by atoms with Gasteiger partial charge in [0.1, 0.15) is 5.75 Å². The molecule has 0 saturated carbocycles. The van der Waals surface area contributed by atoms with Crippen LogP contribution in [0.5, 0.6) is 5.75 Å². The maximum absolute atomic E-state index is 9.81. The van der Waals surface area contributed by atoms with Crippen LogP contribution < -0.4 is 10.6 Å². The average molecular weight is 375 g/mol. The minimum Gasteiger partial charge on any atom is -0.508 e. The van der Waals surface area contributed by atoms with Gasteiger partial charge in [-0.15, -0.1) is 0 Å². The number of rotatable bonds is 9. The van der Waals surface area contributed by atoms with E-state index in [-0.39, 0.29) is 5.92 Å². The molecule has 0 aliphatic heterocycles. The van der Waals surface area contributed by atoms with Gasteiger partial charge < -0.3 is 15.7 Å². The van der Waals surface area contributed by atoms with Crippen molar-refractivity contribution in [2.45, 2.75) is 33.2 Å². The van der Waals surface area contributed by atoms with Crippen molar-refractivity contribution in [1.82, 2.24) is 10.6 Å². The molecule has 2 aromatic rings. The second kappa shape index (κ2) is 10.8. The molecule has 2 aromatic carbocycles. The van der Waals surface area contributed by atoms with Crippen molar-refractivity contribution in [2.24, 2.45) is 0 Å². The van der Waals surface area contributed by atoms with Crippen molar-refractivity contribution in [3.8, 4) is 5.75 Å². The Morgan fingerprint density at radius 3 is 2.50 bits per heavy atom. The first kappa shape index (κ1) is 21.1. The second-order valence-corrected chi connectivity index (χ2v) is 6.67. The fourth-order valence-corrected chi connectivity index (χ4v) is 3.05. The zero-order chi connectivity index (χ0) is 20.4. The topological polar surface area (TPSA) is 44.3 Å². The molecule has 2 rings (SSSR count). The molecule has 0 aliphatic carbocycles. The summed E-state index contributed by atoms with van der Waals surface area (Å²) in [5.41, 5.74) is 5.61. The summed E-state index contributed by atoms with van der Waals surface area (Å²) in [4.78, 5) is 0. The van der Waals surface area contributed by atoms with Crippen LogP contribution in [0.4, 0.5) is 0 Å². The summed E-state index contributed by atoms with van der Waals surface area (Å²) in [6.45, 7) is 10.7. The summed E-state index contributed by atoms with van der Waals surface area (Å²) in [6, 6.07) is 16.0. The Morgan fingerprint density at radius 2 is 1.86 bits per heavy atom. The molecule has 0 radical (unpaired) electrons. The predicted octanol–water partition coefficient (Wildman–Crippen LogP) is 5.67. The summed E-state index contributed by atoms with van der Waals surface area (Å²) >= 11 is 0. The van der Waals surface area contributed by atoms with E-state index in [9.17, 15) is 5.11 Å². The molecule has 0 fully saturated rings. The number of hydrogen-bond donors (Lipinski definition) is 3. The maximum atomic E-state index is 9.81. The standard InChI is InChI=1S/C25H30N2O/c1-5-23(20(4)21-15-13-19(3)14-16-21)24(27-6-2)11-9-17-26-18-22-10-7-8-12-25(22)28/h5-17,20,26-28H,2,18H2,1,3-4H3/b17-9+,23-5-,24-11+. The average Bonchev–Trinajstić information content (AvgIpc) is 2.70. The zero-order valence-corrected chi connectivity index (χ0v) is 16.9. The normalized spacial score (nSPS) is 13.4. The monoisotopic (exact) mass is 374 g/mol. The Morgan fingerprint density at radius 1 is 1.14 bits per heavy atom. The minimum absolute atomic E-state index is 0.256. The van der Waals surface area contributed by atoms with Crippen molar-refractivity contribution in [3.05, 3.63) is 114 Å². The lowest BCUT2D eigenvalue weighted by molar-refractivity contribution is 0.467. The molecular weight excluding hydrogens is 344 g/mol. The van der Waals surface area contributed by atoms with E-state index < -0.39 is 0 Å². The number of nitrogens with one attached hydrogen (secondary N) is 2. The Kier molecular flexibility index (Phi) is 8.16. The Hall–Kier alpha value is -3.20. The fourth-order valence-electron chi connectivity index (χ4n) is 3.05. The third kappa shape index (κ3) is 5.92. The molecule has 0 bridgehead atoms. The molecule has 0 spiro atoms. The highest BCUT2D eigenvalue weighted by molar-refractivity contribution is 5.42. The first-order valence-corrected chi connectivity index (χ1v) is 9.54. The van der Waals surface area contributed by atoms with Gasteiger partial charge in [-0.25, -0.2) is 0 Å². The molecule has 0 aromatic heterocycles. The van der Waals surface area contributed by atoms with E-state index in [0.717, 1.165) is 11.3 Å². The fraction of sp³-hybridized carbons (Fsp3) is 0.200. The van der Waals surface area contributed by atoms with E-state index in [1.54, 1.807) is 12.3 Å². The van der Waals surface area contributed by atoms with Gasteiger partial charge >= 0.3 is 0 Å². The Balaban J connectivity index is 2.09. The molecule has 0 saturated heterocycles. The van der Waals surface area contributed by atoms with Crippen molar-refractivity contribution in [3.63, 3.8) is 0 Å². The van der Waals surface area contributed by atoms with Gasteiger partial charge in [0.2, 0.25) is 0 Å². The first-order chi connectivity index (χ1) is 13.6. The van der Waals surface area contributed by atoms with Gasteiger partial charge in [0.15, 0.2) is 0 Å². The van der Waals surface area contributed by atoms with Crippen molar-refractivity contribution in [1.29, 1.82) is 0 Å². The number of benzene rings is 2. The van der Waals surface area contributed by atoms with Crippen molar-refractivity contribution < 1.29 is 5.11 Å². The van der Waals surface area contributed by atoms with Crippen LogP contribution in [-0.4, -0.2) is 5.11 Å². The smallest absolute Gasteiger partial charge is 0.120 e. The number of allylic oxidation sites excluding steroid dienone is 4. The highest BCUT2D eigenvalue weighted by Gasteiger charge is 2.13. The van der Waals surface area contributed by atoms with Gasteiger partial charge in [-0.1, -0.05) is 67.6 Å². The van der Waals surface area contributed by atoms with Crippen molar-refractivity contribution >= 4 is 0 Å². The largest absolute Gasteiger partial charge is 0.508 e. The van der Waals surface area contributed by atoms with E-state index in [1.807, 2.05) is 36.6 Å². The number of phenols is 1. The molecule has 3 heteroatoms. The molecule has 28 heavy (non-hydrogen) atoms. The van der Waals surface area contributed by atoms with Gasteiger partial charge in [-0.3, -0.25) is 0 Å². The number of phenolic OH excluding ortho intramolecular Hbond substituents is 1. The molecule has 1 unspecified atom stereocenters. The van der Waals surface area contributed by atoms with E-state index in [0.29, 0.717) is 12.3 Å². The minimum atomic E-state index is 0.256. The van der Waals surface area contributed by atoms with E-state index in [1.165, 1.54) is 16.7 Å². The lowest BCUT2D eigenvalue weighted by Gasteiger charge is -2.19. The van der Waals surface area contributed by atoms with Crippen LogP contribution in [0.3, 0.4) is 0 Å². The van der Waals surface area contributed by atoms with E-state index in [2.05, 4.69) is 68.3 Å². The van der Waals surface area contributed by atoms with Gasteiger partial charge in [-0.05, 0) is 55.6 Å². The third-order valence-electron chi connectivity index (χ3n) is 4.68. The Bertz CT molecular complexity index is 860. The number of para-hydroxylation sites is 1. The van der Waals surface area contributed by atoms with Gasteiger partial charge in [0.25, 0.3) is 0 Å². The van der Waals surface area contributed by atoms with Crippen LogP contribution in [0.2, 0.25) is 0 Å². The summed E-state index contributed by atoms with van der Waals surface area (Å²) in [5.74, 6) is 0.558. The molecule has 1 atom stereocenters. The second-order valence-electron chi connectivity index (χ2n) is 6.67. The SMILES string of the molecule is C=CNC(=C/C=C/NCc1ccccc1O)/C(=C\C)C(C)c1ccc(C)cc1. The van der Waals surface area contributed by atoms with Crippen LogP contribution in [0.15, 0.2) is 97.0 Å². The maximum Gasteiger partial charge on any atom is 0.120 e. The first-order valence-electron chi connectivity index (χ1n) is 9.54. The molecule has 0 aliphatic rings. The molecule has 0 heterocycles. The predicted molar refractivity (Wildman–Crippen MR) is 119 cm³/mol. The summed E-state index contributed by atoms with van der Waals surface area (Å²) in [6.07, 6.45) is 9.69. The zero-order valence-electron chi connectivity index (χ0n) is 16.9. The van der Waals surface area contributed by atoms with E-state index in [4.69, 9.17) is 0 Å².